The van der Waals surface area contributed by atoms with Crippen LogP contribution in [0, 0.1) is 5.92 Å². The minimum Gasteiger partial charge on any atom is -0.378 e. The average molecular weight is 213 g/mol. The number of morpholine rings is 1. The maximum Gasteiger partial charge on any atom is 0.0936 e. The highest BCUT2D eigenvalue weighted by Crippen LogP contribution is 2.24. The molecule has 1 heterocycles. The minimum absolute atomic E-state index is 0.259. The Morgan fingerprint density at radius 3 is 2.73 bits per heavy atom. The molecule has 2 unspecified atom stereocenters. The van der Waals surface area contributed by atoms with Crippen molar-refractivity contribution in [3.8, 4) is 0 Å². The Bertz CT molecular complexity index is 180. The van der Waals surface area contributed by atoms with Gasteiger partial charge in [-0.15, -0.1) is 0 Å². The fourth-order valence-corrected chi connectivity index (χ4v) is 2.51. The van der Waals surface area contributed by atoms with E-state index in [0.717, 1.165) is 32.2 Å². The first-order chi connectivity index (χ1) is 7.34. The monoisotopic (exact) mass is 213 g/mol. The summed E-state index contributed by atoms with van der Waals surface area (Å²) in [4.78, 5) is 0. The third kappa shape index (κ3) is 3.74. The largest absolute Gasteiger partial charge is 0.378 e. The molecule has 2 aliphatic rings. The Balaban J connectivity index is 1.56. The molecule has 1 saturated carbocycles. The van der Waals surface area contributed by atoms with Gasteiger partial charge >= 0.3 is 0 Å². The second-order valence-electron chi connectivity index (χ2n) is 4.91. The number of nitrogens with one attached hydrogen (secondary N) is 1. The van der Waals surface area contributed by atoms with Gasteiger partial charge in [-0.25, -0.2) is 0 Å². The van der Waals surface area contributed by atoms with Gasteiger partial charge in [-0.05, 0) is 25.7 Å². The molecule has 3 nitrogen and oxygen atoms in total. The summed E-state index contributed by atoms with van der Waals surface area (Å²) in [6.45, 7) is 5.71. The van der Waals surface area contributed by atoms with Crippen molar-refractivity contribution in [2.45, 2.75) is 44.8 Å². The molecule has 3 heteroatoms. The van der Waals surface area contributed by atoms with Crippen LogP contribution in [0.25, 0.3) is 0 Å². The van der Waals surface area contributed by atoms with Gasteiger partial charge in [-0.2, -0.15) is 0 Å². The lowest BCUT2D eigenvalue weighted by Gasteiger charge is -2.28. The van der Waals surface area contributed by atoms with Gasteiger partial charge in [0, 0.05) is 19.7 Å². The molecule has 15 heavy (non-hydrogen) atoms. The zero-order valence-electron chi connectivity index (χ0n) is 9.71. The summed E-state index contributed by atoms with van der Waals surface area (Å²) in [5, 5.41) is 3.36. The standard InChI is InChI=1S/C12H23NO2/c1-10-6-13-7-12(15-10)9-14-8-11-4-2-3-5-11/h10-13H,2-9H2,1H3. The molecule has 0 aromatic heterocycles. The zero-order chi connectivity index (χ0) is 10.5. The highest BCUT2D eigenvalue weighted by atomic mass is 16.5. The van der Waals surface area contributed by atoms with Gasteiger partial charge in [-0.3, -0.25) is 0 Å². The van der Waals surface area contributed by atoms with Crippen LogP contribution in [0.1, 0.15) is 32.6 Å². The second-order valence-corrected chi connectivity index (χ2v) is 4.91. The maximum absolute atomic E-state index is 5.76. The Morgan fingerprint density at radius 2 is 2.00 bits per heavy atom. The fourth-order valence-electron chi connectivity index (χ4n) is 2.51. The quantitative estimate of drug-likeness (QED) is 0.769. The van der Waals surface area contributed by atoms with E-state index in [1.165, 1.54) is 25.7 Å². The number of hydrogen-bond acceptors (Lipinski definition) is 3. The van der Waals surface area contributed by atoms with Crippen molar-refractivity contribution in [3.05, 3.63) is 0 Å². The predicted molar refractivity (Wildman–Crippen MR) is 60.0 cm³/mol. The minimum atomic E-state index is 0.259. The van der Waals surface area contributed by atoms with Crippen LogP contribution in [0.4, 0.5) is 0 Å². The third-order valence-electron chi connectivity index (χ3n) is 3.36. The lowest BCUT2D eigenvalue weighted by atomic mass is 10.1. The molecule has 2 rings (SSSR count). The summed E-state index contributed by atoms with van der Waals surface area (Å²) >= 11 is 0. The molecule has 0 radical (unpaired) electrons. The van der Waals surface area contributed by atoms with E-state index in [-0.39, 0.29) is 6.10 Å². The smallest absolute Gasteiger partial charge is 0.0936 e. The fraction of sp³-hybridized carbons (Fsp3) is 1.00. The molecular formula is C12H23NO2. The molecule has 2 atom stereocenters. The summed E-state index contributed by atoms with van der Waals surface area (Å²) in [7, 11) is 0. The van der Waals surface area contributed by atoms with E-state index in [2.05, 4.69) is 12.2 Å². The first kappa shape index (κ1) is 11.4. The van der Waals surface area contributed by atoms with Crippen molar-refractivity contribution in [1.29, 1.82) is 0 Å². The van der Waals surface area contributed by atoms with Gasteiger partial charge in [0.1, 0.15) is 0 Å². The van der Waals surface area contributed by atoms with Gasteiger partial charge in [-0.1, -0.05) is 12.8 Å². The highest BCUT2D eigenvalue weighted by Gasteiger charge is 2.20. The summed E-state index contributed by atoms with van der Waals surface area (Å²) in [6, 6.07) is 0. The molecule has 0 amide bonds. The molecule has 1 aliphatic carbocycles. The highest BCUT2D eigenvalue weighted by molar-refractivity contribution is 4.72. The van der Waals surface area contributed by atoms with E-state index in [1.807, 2.05) is 0 Å². The Kier molecular flexibility index (Phi) is 4.42. The molecule has 1 N–H and O–H groups in total. The lowest BCUT2D eigenvalue weighted by Crippen LogP contribution is -2.45. The average Bonchev–Trinajstić information content (AvgIpc) is 2.71. The van der Waals surface area contributed by atoms with Gasteiger partial charge < -0.3 is 14.8 Å². The summed E-state index contributed by atoms with van der Waals surface area (Å²) in [6.07, 6.45) is 6.10. The molecule has 1 aliphatic heterocycles. The van der Waals surface area contributed by atoms with E-state index in [1.54, 1.807) is 0 Å². The molecule has 2 fully saturated rings. The van der Waals surface area contributed by atoms with Crippen LogP contribution >= 0.6 is 0 Å². The van der Waals surface area contributed by atoms with E-state index in [4.69, 9.17) is 9.47 Å². The molecule has 0 bridgehead atoms. The Hall–Kier alpha value is -0.120. The van der Waals surface area contributed by atoms with Crippen molar-refractivity contribution < 1.29 is 9.47 Å². The van der Waals surface area contributed by atoms with E-state index >= 15 is 0 Å². The Labute approximate surface area is 92.5 Å². The zero-order valence-corrected chi connectivity index (χ0v) is 9.71. The predicted octanol–water partition coefficient (Wildman–Crippen LogP) is 1.57. The van der Waals surface area contributed by atoms with Crippen molar-refractivity contribution >= 4 is 0 Å². The molecule has 0 aromatic rings. The van der Waals surface area contributed by atoms with Crippen LogP contribution in [-0.4, -0.2) is 38.5 Å². The first-order valence-electron chi connectivity index (χ1n) is 6.28. The van der Waals surface area contributed by atoms with Crippen LogP contribution in [0.3, 0.4) is 0 Å². The summed E-state index contributed by atoms with van der Waals surface area (Å²) < 4.78 is 11.5. The van der Waals surface area contributed by atoms with Crippen molar-refractivity contribution in [2.75, 3.05) is 26.3 Å². The Morgan fingerprint density at radius 1 is 1.20 bits per heavy atom. The summed E-state index contributed by atoms with van der Waals surface area (Å²) in [5.41, 5.74) is 0. The molecular weight excluding hydrogens is 190 g/mol. The van der Waals surface area contributed by atoms with Crippen molar-refractivity contribution in [1.82, 2.24) is 5.32 Å². The maximum atomic E-state index is 5.76. The molecule has 0 spiro atoms. The van der Waals surface area contributed by atoms with Crippen molar-refractivity contribution in [2.24, 2.45) is 5.92 Å². The van der Waals surface area contributed by atoms with E-state index < -0.39 is 0 Å². The number of rotatable bonds is 4. The van der Waals surface area contributed by atoms with Crippen LogP contribution < -0.4 is 5.32 Å². The van der Waals surface area contributed by atoms with Crippen LogP contribution in [0.5, 0.6) is 0 Å². The van der Waals surface area contributed by atoms with Gasteiger partial charge in [0.05, 0.1) is 18.8 Å². The third-order valence-corrected chi connectivity index (χ3v) is 3.36. The molecule has 1 saturated heterocycles. The topological polar surface area (TPSA) is 30.5 Å². The molecule has 88 valence electrons. The van der Waals surface area contributed by atoms with Gasteiger partial charge in [0.15, 0.2) is 0 Å². The molecule has 0 aromatic carbocycles. The van der Waals surface area contributed by atoms with Crippen LogP contribution in [0.15, 0.2) is 0 Å². The SMILES string of the molecule is CC1CNCC(COCC2CCCC2)O1. The lowest BCUT2D eigenvalue weighted by molar-refractivity contribution is -0.0725. The summed E-state index contributed by atoms with van der Waals surface area (Å²) in [5.74, 6) is 0.818. The first-order valence-corrected chi connectivity index (χ1v) is 6.28. The van der Waals surface area contributed by atoms with Crippen molar-refractivity contribution in [3.63, 3.8) is 0 Å². The van der Waals surface area contributed by atoms with E-state index in [0.29, 0.717) is 6.10 Å². The second kappa shape index (κ2) is 5.83. The number of hydrogen-bond donors (Lipinski definition) is 1. The van der Waals surface area contributed by atoms with Gasteiger partial charge in [0.25, 0.3) is 0 Å². The normalized spacial score (nSPS) is 33.4. The van der Waals surface area contributed by atoms with Crippen LogP contribution in [-0.2, 0) is 9.47 Å². The van der Waals surface area contributed by atoms with Gasteiger partial charge in [0.2, 0.25) is 0 Å². The van der Waals surface area contributed by atoms with E-state index in [9.17, 15) is 0 Å². The number of ether oxygens (including phenoxy) is 2. The van der Waals surface area contributed by atoms with Crippen LogP contribution in [0.2, 0.25) is 0 Å².